The van der Waals surface area contributed by atoms with Crippen LogP contribution in [0, 0.1) is 5.92 Å². The van der Waals surface area contributed by atoms with Gasteiger partial charge >= 0.3 is 0 Å². The number of hydrogen-bond donors (Lipinski definition) is 0. The highest BCUT2D eigenvalue weighted by atomic mass is 32.2. The molecule has 6 heteroatoms. The molecule has 1 heterocycles. The van der Waals surface area contributed by atoms with Crippen molar-refractivity contribution in [1.82, 2.24) is 9.21 Å². The molecule has 1 aromatic carbocycles. The van der Waals surface area contributed by atoms with Gasteiger partial charge in [0, 0.05) is 31.1 Å². The van der Waals surface area contributed by atoms with E-state index < -0.39 is 10.0 Å². The van der Waals surface area contributed by atoms with Crippen molar-refractivity contribution >= 4 is 21.8 Å². The van der Waals surface area contributed by atoms with Crippen LogP contribution in [-0.2, 0) is 16.6 Å². The summed E-state index contributed by atoms with van der Waals surface area (Å²) in [4.78, 5) is 3.63. The van der Waals surface area contributed by atoms with Crippen LogP contribution >= 0.6 is 11.8 Å². The van der Waals surface area contributed by atoms with Crippen molar-refractivity contribution in [2.24, 2.45) is 5.92 Å². The van der Waals surface area contributed by atoms with Crippen molar-refractivity contribution in [2.45, 2.75) is 24.3 Å². The van der Waals surface area contributed by atoms with Crippen LogP contribution in [-0.4, -0.2) is 56.8 Å². The minimum Gasteiger partial charge on any atom is -0.302 e. The number of thioether (sulfide) groups is 1. The summed E-state index contributed by atoms with van der Waals surface area (Å²) in [6, 6.07) is 8.47. The van der Waals surface area contributed by atoms with E-state index in [1.165, 1.54) is 16.7 Å². The molecule has 0 N–H and O–H groups in total. The molecule has 0 unspecified atom stereocenters. The van der Waals surface area contributed by atoms with Crippen LogP contribution in [0.25, 0.3) is 0 Å². The fraction of sp³-hybridized carbons (Fsp3) is 0.625. The largest absolute Gasteiger partial charge is 0.302 e. The van der Waals surface area contributed by atoms with E-state index in [9.17, 15) is 8.42 Å². The third-order valence-corrected chi connectivity index (χ3v) is 6.26. The fourth-order valence-corrected chi connectivity index (χ4v) is 4.66. The smallest absolute Gasteiger partial charge is 0.211 e. The Morgan fingerprint density at radius 3 is 2.77 bits per heavy atom. The molecule has 0 aliphatic carbocycles. The molecule has 1 aromatic rings. The second-order valence-electron chi connectivity index (χ2n) is 6.14. The monoisotopic (exact) mass is 342 g/mol. The van der Waals surface area contributed by atoms with E-state index in [2.05, 4.69) is 42.5 Å². The Bertz CT molecular complexity index is 590. The zero-order valence-electron chi connectivity index (χ0n) is 13.7. The number of nitrogens with zero attached hydrogens (tertiary/aromatic N) is 2. The van der Waals surface area contributed by atoms with Gasteiger partial charge in [0.2, 0.25) is 10.0 Å². The summed E-state index contributed by atoms with van der Waals surface area (Å²) in [5.41, 5.74) is 1.34. The first kappa shape index (κ1) is 17.8. The highest BCUT2D eigenvalue weighted by Gasteiger charge is 2.26. The summed E-state index contributed by atoms with van der Waals surface area (Å²) >= 11 is 1.77. The Kier molecular flexibility index (Phi) is 6.32. The number of rotatable bonds is 6. The molecule has 124 valence electrons. The van der Waals surface area contributed by atoms with E-state index in [-0.39, 0.29) is 0 Å². The molecule has 0 radical (unpaired) electrons. The first-order valence-corrected chi connectivity index (χ1v) is 10.7. The first-order valence-electron chi connectivity index (χ1n) is 7.65. The molecule has 2 rings (SSSR count). The second-order valence-corrected chi connectivity index (χ2v) is 8.97. The lowest BCUT2D eigenvalue weighted by Crippen LogP contribution is -2.42. The second kappa shape index (κ2) is 7.81. The molecule has 0 spiro atoms. The Hall–Kier alpha value is -0.560. The maximum atomic E-state index is 11.7. The van der Waals surface area contributed by atoms with Crippen LogP contribution in [0.4, 0.5) is 0 Å². The van der Waals surface area contributed by atoms with Crippen molar-refractivity contribution in [1.29, 1.82) is 0 Å². The molecule has 0 aromatic heterocycles. The van der Waals surface area contributed by atoms with Gasteiger partial charge in [-0.15, -0.1) is 11.8 Å². The summed E-state index contributed by atoms with van der Waals surface area (Å²) in [5, 5.41) is 0. The fourth-order valence-electron chi connectivity index (χ4n) is 3.11. The van der Waals surface area contributed by atoms with Crippen LogP contribution < -0.4 is 0 Å². The minimum atomic E-state index is -3.05. The van der Waals surface area contributed by atoms with Crippen LogP contribution in [0.5, 0.6) is 0 Å². The van der Waals surface area contributed by atoms with Crippen LogP contribution in [0.2, 0.25) is 0 Å². The first-order chi connectivity index (χ1) is 10.4. The van der Waals surface area contributed by atoms with E-state index in [1.807, 2.05) is 0 Å². The maximum Gasteiger partial charge on any atom is 0.211 e. The van der Waals surface area contributed by atoms with Gasteiger partial charge in [0.05, 0.1) is 6.26 Å². The molecule has 4 nitrogen and oxygen atoms in total. The summed E-state index contributed by atoms with van der Waals surface area (Å²) in [6.07, 6.45) is 5.49. The van der Waals surface area contributed by atoms with Gasteiger partial charge in [0.25, 0.3) is 0 Å². The topological polar surface area (TPSA) is 40.6 Å². The molecule has 0 amide bonds. The van der Waals surface area contributed by atoms with E-state index in [4.69, 9.17) is 0 Å². The molecule has 1 aliphatic rings. The molecule has 0 saturated carbocycles. The minimum absolute atomic E-state index is 0.426. The molecular weight excluding hydrogens is 316 g/mol. The van der Waals surface area contributed by atoms with Gasteiger partial charge in [-0.3, -0.25) is 0 Å². The maximum absolute atomic E-state index is 11.7. The Labute approximate surface area is 138 Å². The van der Waals surface area contributed by atoms with Gasteiger partial charge in [0.15, 0.2) is 0 Å². The highest BCUT2D eigenvalue weighted by Crippen LogP contribution is 2.23. The van der Waals surface area contributed by atoms with Crippen molar-refractivity contribution in [2.75, 3.05) is 39.2 Å². The number of benzene rings is 1. The van der Waals surface area contributed by atoms with Crippen molar-refractivity contribution in [3.63, 3.8) is 0 Å². The number of hydrogen-bond acceptors (Lipinski definition) is 4. The average Bonchev–Trinajstić information content (AvgIpc) is 2.47. The Morgan fingerprint density at radius 1 is 1.36 bits per heavy atom. The normalized spacial score (nSPS) is 20.5. The molecule has 1 fully saturated rings. The van der Waals surface area contributed by atoms with Gasteiger partial charge in [-0.1, -0.05) is 18.2 Å². The summed E-state index contributed by atoms with van der Waals surface area (Å²) in [7, 11) is -0.931. The van der Waals surface area contributed by atoms with Gasteiger partial charge in [-0.05, 0) is 43.7 Å². The van der Waals surface area contributed by atoms with Gasteiger partial charge in [-0.25, -0.2) is 12.7 Å². The standard InChI is InChI=1S/C16H26N2O2S2/c1-17(13-15-8-4-5-9-16(15)21-2)11-14-7-6-10-18(12-14)22(3,19)20/h4-5,8-9,14H,6-7,10-13H2,1-3H3/t14-/m1/s1. The molecule has 1 atom stereocenters. The van der Waals surface area contributed by atoms with Crippen LogP contribution in [0.3, 0.4) is 0 Å². The Balaban J connectivity index is 1.93. The lowest BCUT2D eigenvalue weighted by atomic mass is 9.99. The van der Waals surface area contributed by atoms with E-state index >= 15 is 0 Å². The van der Waals surface area contributed by atoms with Gasteiger partial charge in [0.1, 0.15) is 0 Å². The molecule has 1 aliphatic heterocycles. The molecular formula is C16H26N2O2S2. The highest BCUT2D eigenvalue weighted by molar-refractivity contribution is 7.98. The van der Waals surface area contributed by atoms with E-state index in [1.54, 1.807) is 16.1 Å². The summed E-state index contributed by atoms with van der Waals surface area (Å²) < 4.78 is 25.0. The van der Waals surface area contributed by atoms with Crippen molar-refractivity contribution in [3.8, 4) is 0 Å². The lowest BCUT2D eigenvalue weighted by molar-refractivity contribution is 0.196. The zero-order chi connectivity index (χ0) is 16.2. The summed E-state index contributed by atoms with van der Waals surface area (Å²) in [6.45, 7) is 3.18. The lowest BCUT2D eigenvalue weighted by Gasteiger charge is -2.33. The van der Waals surface area contributed by atoms with Gasteiger partial charge < -0.3 is 4.90 Å². The third-order valence-electron chi connectivity index (χ3n) is 4.15. The SMILES string of the molecule is CSc1ccccc1CN(C)C[C@H]1CCCN(S(C)(=O)=O)C1. The van der Waals surface area contributed by atoms with E-state index in [0.29, 0.717) is 19.0 Å². The number of sulfonamides is 1. The van der Waals surface area contributed by atoms with Crippen molar-refractivity contribution < 1.29 is 8.42 Å². The predicted octanol–water partition coefficient (Wildman–Crippen LogP) is 2.51. The van der Waals surface area contributed by atoms with Crippen molar-refractivity contribution in [3.05, 3.63) is 29.8 Å². The molecule has 0 bridgehead atoms. The molecule has 1 saturated heterocycles. The van der Waals surface area contributed by atoms with Crippen LogP contribution in [0.15, 0.2) is 29.2 Å². The summed E-state index contributed by atoms with van der Waals surface area (Å²) in [5.74, 6) is 0.426. The van der Waals surface area contributed by atoms with Gasteiger partial charge in [-0.2, -0.15) is 0 Å². The third kappa shape index (κ3) is 4.98. The zero-order valence-corrected chi connectivity index (χ0v) is 15.3. The van der Waals surface area contributed by atoms with Crippen LogP contribution in [0.1, 0.15) is 18.4 Å². The average molecular weight is 343 g/mol. The number of piperidine rings is 1. The van der Waals surface area contributed by atoms with E-state index in [0.717, 1.165) is 25.9 Å². The molecule has 22 heavy (non-hydrogen) atoms. The predicted molar refractivity (Wildman–Crippen MR) is 93.7 cm³/mol. The quantitative estimate of drug-likeness (QED) is 0.745. The Morgan fingerprint density at radius 2 is 2.09 bits per heavy atom.